The molecule has 1 amide bonds. The first-order valence-corrected chi connectivity index (χ1v) is 9.74. The van der Waals surface area contributed by atoms with Crippen molar-refractivity contribution in [1.29, 1.82) is 0 Å². The van der Waals surface area contributed by atoms with E-state index in [0.29, 0.717) is 18.8 Å². The number of hydrogen-bond donors (Lipinski definition) is 1. The Hall–Kier alpha value is -3.12. The summed E-state index contributed by atoms with van der Waals surface area (Å²) in [6.07, 6.45) is 0. The minimum absolute atomic E-state index is 0.157. The normalized spacial score (nSPS) is 10.9. The average molecular weight is 394 g/mol. The van der Waals surface area contributed by atoms with Gasteiger partial charge in [-0.25, -0.2) is 4.39 Å². The van der Waals surface area contributed by atoms with Crippen LogP contribution in [0.15, 0.2) is 66.0 Å². The number of hydrogen-bond acceptors (Lipinski definition) is 3. The summed E-state index contributed by atoms with van der Waals surface area (Å²) in [6.45, 7) is 0.911. The molecule has 0 unspecified atom stereocenters. The lowest BCUT2D eigenvalue weighted by Crippen LogP contribution is -2.25. The molecule has 0 atom stereocenters. The minimum Gasteiger partial charge on any atom is -0.497 e. The Morgan fingerprint density at radius 3 is 2.71 bits per heavy atom. The van der Waals surface area contributed by atoms with Crippen LogP contribution in [0.4, 0.5) is 4.39 Å². The lowest BCUT2D eigenvalue weighted by Gasteiger charge is -2.12. The highest BCUT2D eigenvalue weighted by Gasteiger charge is 2.17. The second-order valence-electron chi connectivity index (χ2n) is 6.45. The molecular formula is C22H19FN2O2S. The fourth-order valence-corrected chi connectivity index (χ4v) is 3.99. The molecular weight excluding hydrogens is 375 g/mol. The standard InChI is InChI=1S/C22H19FN2O2S/c1-27-18-4-2-3-16(11-18)14-25-19-9-10-28-21(19)12-20(25)22(26)24-13-15-5-7-17(23)8-6-15/h2-12H,13-14H2,1H3,(H,24,26). The topological polar surface area (TPSA) is 43.3 Å². The van der Waals surface area contributed by atoms with E-state index in [9.17, 15) is 9.18 Å². The van der Waals surface area contributed by atoms with E-state index in [2.05, 4.69) is 5.32 Å². The van der Waals surface area contributed by atoms with Crippen LogP contribution < -0.4 is 10.1 Å². The molecule has 4 rings (SSSR count). The van der Waals surface area contributed by atoms with Gasteiger partial charge in [0.2, 0.25) is 0 Å². The number of amides is 1. The van der Waals surface area contributed by atoms with Crippen molar-refractivity contribution < 1.29 is 13.9 Å². The third-order valence-corrected chi connectivity index (χ3v) is 5.45. The first-order valence-electron chi connectivity index (χ1n) is 8.86. The molecule has 4 aromatic rings. The van der Waals surface area contributed by atoms with E-state index >= 15 is 0 Å². The summed E-state index contributed by atoms with van der Waals surface area (Å²) >= 11 is 1.61. The predicted octanol–water partition coefficient (Wildman–Crippen LogP) is 4.83. The zero-order valence-corrected chi connectivity index (χ0v) is 16.1. The molecule has 0 fully saturated rings. The maximum atomic E-state index is 13.0. The van der Waals surface area contributed by atoms with Gasteiger partial charge in [-0.05, 0) is 52.9 Å². The number of rotatable bonds is 6. The third-order valence-electron chi connectivity index (χ3n) is 4.60. The predicted molar refractivity (Wildman–Crippen MR) is 109 cm³/mol. The average Bonchev–Trinajstić information content (AvgIpc) is 3.30. The van der Waals surface area contributed by atoms with E-state index < -0.39 is 0 Å². The number of nitrogens with zero attached hydrogens (tertiary/aromatic N) is 1. The van der Waals surface area contributed by atoms with Crippen molar-refractivity contribution in [1.82, 2.24) is 9.88 Å². The molecule has 142 valence electrons. The highest BCUT2D eigenvalue weighted by molar-refractivity contribution is 7.17. The van der Waals surface area contributed by atoms with Gasteiger partial charge in [-0.2, -0.15) is 0 Å². The van der Waals surface area contributed by atoms with Gasteiger partial charge < -0.3 is 14.6 Å². The van der Waals surface area contributed by atoms with Gasteiger partial charge in [0.15, 0.2) is 0 Å². The largest absolute Gasteiger partial charge is 0.497 e. The molecule has 0 saturated carbocycles. The van der Waals surface area contributed by atoms with Gasteiger partial charge in [-0.1, -0.05) is 24.3 Å². The Balaban J connectivity index is 1.59. The molecule has 0 aliphatic heterocycles. The Bertz CT molecular complexity index is 1120. The van der Waals surface area contributed by atoms with Crippen LogP contribution in [0.3, 0.4) is 0 Å². The molecule has 0 radical (unpaired) electrons. The maximum Gasteiger partial charge on any atom is 0.268 e. The van der Waals surface area contributed by atoms with Gasteiger partial charge >= 0.3 is 0 Å². The van der Waals surface area contributed by atoms with Crippen LogP contribution in [0.1, 0.15) is 21.6 Å². The Morgan fingerprint density at radius 1 is 1.11 bits per heavy atom. The summed E-state index contributed by atoms with van der Waals surface area (Å²) in [5.74, 6) is 0.339. The Kier molecular flexibility index (Phi) is 5.12. The summed E-state index contributed by atoms with van der Waals surface area (Å²) in [5, 5.41) is 4.95. The van der Waals surface area contributed by atoms with Crippen LogP contribution >= 0.6 is 11.3 Å². The second kappa shape index (κ2) is 7.86. The number of ether oxygens (including phenoxy) is 1. The first kappa shape index (κ1) is 18.3. The zero-order valence-electron chi connectivity index (χ0n) is 15.3. The number of halogens is 1. The Morgan fingerprint density at radius 2 is 1.93 bits per heavy atom. The molecule has 28 heavy (non-hydrogen) atoms. The zero-order chi connectivity index (χ0) is 19.5. The Labute approximate surface area is 166 Å². The number of carbonyl (C=O) groups is 1. The number of fused-ring (bicyclic) bond motifs is 1. The van der Waals surface area contributed by atoms with E-state index in [-0.39, 0.29) is 11.7 Å². The molecule has 4 nitrogen and oxygen atoms in total. The van der Waals surface area contributed by atoms with E-state index in [1.54, 1.807) is 30.6 Å². The molecule has 0 aliphatic carbocycles. The van der Waals surface area contributed by atoms with Crippen molar-refractivity contribution >= 4 is 27.5 Å². The molecule has 0 aliphatic rings. The molecule has 0 spiro atoms. The molecule has 1 N–H and O–H groups in total. The first-order chi connectivity index (χ1) is 13.6. The maximum absolute atomic E-state index is 13.0. The fourth-order valence-electron chi connectivity index (χ4n) is 3.16. The lowest BCUT2D eigenvalue weighted by atomic mass is 10.2. The van der Waals surface area contributed by atoms with Gasteiger partial charge in [0.05, 0.1) is 17.3 Å². The van der Waals surface area contributed by atoms with Crippen molar-refractivity contribution in [3.05, 3.63) is 88.7 Å². The number of thiophene rings is 1. The van der Waals surface area contributed by atoms with Gasteiger partial charge in [-0.3, -0.25) is 4.79 Å². The van der Waals surface area contributed by atoms with Gasteiger partial charge in [0.1, 0.15) is 17.3 Å². The molecule has 0 saturated heterocycles. The molecule has 2 aromatic heterocycles. The van der Waals surface area contributed by atoms with Crippen LogP contribution in [0.25, 0.3) is 10.2 Å². The highest BCUT2D eigenvalue weighted by Crippen LogP contribution is 2.27. The third kappa shape index (κ3) is 3.77. The van der Waals surface area contributed by atoms with Gasteiger partial charge in [0.25, 0.3) is 5.91 Å². The lowest BCUT2D eigenvalue weighted by molar-refractivity contribution is 0.0942. The van der Waals surface area contributed by atoms with Crippen LogP contribution in [0.5, 0.6) is 5.75 Å². The number of methoxy groups -OCH3 is 1. The molecule has 0 bridgehead atoms. The number of nitrogens with one attached hydrogen (secondary N) is 1. The second-order valence-corrected chi connectivity index (χ2v) is 7.39. The SMILES string of the molecule is COc1cccc(Cn2c(C(=O)NCc3ccc(F)cc3)cc3sccc32)c1. The van der Waals surface area contributed by atoms with Crippen molar-refractivity contribution in [3.63, 3.8) is 0 Å². The summed E-state index contributed by atoms with van der Waals surface area (Å²) in [4.78, 5) is 12.9. The van der Waals surface area contributed by atoms with Crippen molar-refractivity contribution in [2.24, 2.45) is 0 Å². The number of carbonyl (C=O) groups excluding carboxylic acids is 1. The quantitative estimate of drug-likeness (QED) is 0.509. The monoisotopic (exact) mass is 394 g/mol. The molecule has 2 heterocycles. The van der Waals surface area contributed by atoms with Crippen LogP contribution in [0.2, 0.25) is 0 Å². The molecule has 6 heteroatoms. The van der Waals surface area contributed by atoms with Crippen molar-refractivity contribution in [2.75, 3.05) is 7.11 Å². The number of benzene rings is 2. The highest BCUT2D eigenvalue weighted by atomic mass is 32.1. The van der Waals surface area contributed by atoms with Crippen molar-refractivity contribution in [3.8, 4) is 5.75 Å². The summed E-state index contributed by atoms with van der Waals surface area (Å²) in [7, 11) is 1.64. The number of aromatic nitrogens is 1. The van der Waals surface area contributed by atoms with Crippen LogP contribution in [-0.4, -0.2) is 17.6 Å². The summed E-state index contributed by atoms with van der Waals surface area (Å²) in [5.41, 5.74) is 3.53. The van der Waals surface area contributed by atoms with Crippen LogP contribution in [-0.2, 0) is 13.1 Å². The fraction of sp³-hybridized carbons (Fsp3) is 0.136. The van der Waals surface area contributed by atoms with Crippen LogP contribution in [0, 0.1) is 5.82 Å². The van der Waals surface area contributed by atoms with E-state index in [1.807, 2.05) is 46.3 Å². The minimum atomic E-state index is -0.289. The van der Waals surface area contributed by atoms with E-state index in [0.717, 1.165) is 27.1 Å². The van der Waals surface area contributed by atoms with Gasteiger partial charge in [0, 0.05) is 13.1 Å². The van der Waals surface area contributed by atoms with E-state index in [1.165, 1.54) is 12.1 Å². The van der Waals surface area contributed by atoms with Gasteiger partial charge in [-0.15, -0.1) is 11.3 Å². The summed E-state index contributed by atoms with van der Waals surface area (Å²) < 4.78 is 21.4. The van der Waals surface area contributed by atoms with Crippen molar-refractivity contribution in [2.45, 2.75) is 13.1 Å². The smallest absolute Gasteiger partial charge is 0.268 e. The summed E-state index contributed by atoms with van der Waals surface area (Å²) in [6, 6.07) is 17.9. The molecule has 2 aromatic carbocycles. The van der Waals surface area contributed by atoms with E-state index in [4.69, 9.17) is 4.74 Å².